The van der Waals surface area contributed by atoms with Crippen molar-refractivity contribution in [3.05, 3.63) is 84.3 Å². The van der Waals surface area contributed by atoms with Crippen LogP contribution in [0.1, 0.15) is 24.1 Å². The lowest BCUT2D eigenvalue weighted by atomic mass is 10.1. The van der Waals surface area contributed by atoms with Crippen molar-refractivity contribution < 1.29 is 13.5 Å². The predicted octanol–water partition coefficient (Wildman–Crippen LogP) is 5.89. The fraction of sp³-hybridized carbons (Fsp3) is 0.208. The van der Waals surface area contributed by atoms with Gasteiger partial charge in [0, 0.05) is 17.4 Å². The third-order valence-corrected chi connectivity index (χ3v) is 6.22. The van der Waals surface area contributed by atoms with Crippen molar-refractivity contribution in [3.8, 4) is 16.5 Å². The van der Waals surface area contributed by atoms with Crippen molar-refractivity contribution >= 4 is 21.4 Å². The zero-order chi connectivity index (χ0) is 21.8. The van der Waals surface area contributed by atoms with E-state index in [1.807, 2.05) is 29.1 Å². The molecule has 0 aliphatic carbocycles. The summed E-state index contributed by atoms with van der Waals surface area (Å²) in [6, 6.07) is 14.8. The molecule has 0 amide bonds. The Morgan fingerprint density at radius 1 is 1.06 bits per heavy atom. The molecule has 3 aromatic heterocycles. The number of nitrogens with zero attached hydrogens (tertiary/aromatic N) is 4. The van der Waals surface area contributed by atoms with Crippen LogP contribution in [-0.4, -0.2) is 20.0 Å². The first kappa shape index (κ1) is 20.4. The van der Waals surface area contributed by atoms with E-state index < -0.39 is 0 Å². The van der Waals surface area contributed by atoms with E-state index in [-0.39, 0.29) is 5.82 Å². The molecule has 5 rings (SSSR count). The van der Waals surface area contributed by atoms with Crippen molar-refractivity contribution in [1.29, 1.82) is 0 Å². The van der Waals surface area contributed by atoms with Crippen LogP contribution in [0.2, 0.25) is 0 Å². The molecule has 0 N–H and O–H groups in total. The first-order valence-electron chi connectivity index (χ1n) is 10.4. The number of halogens is 1. The normalized spacial score (nSPS) is 11.3. The first-order chi connectivity index (χ1) is 15.7. The number of ether oxygens (including phenoxy) is 1. The Bertz CT molecular complexity index is 1300. The number of rotatable bonds is 9. The number of aromatic nitrogens is 4. The molecule has 0 radical (unpaired) electrons. The van der Waals surface area contributed by atoms with Crippen LogP contribution in [0, 0.1) is 5.82 Å². The van der Waals surface area contributed by atoms with Gasteiger partial charge in [0.25, 0.3) is 0 Å². The summed E-state index contributed by atoms with van der Waals surface area (Å²) >= 11 is 1.46. The summed E-state index contributed by atoms with van der Waals surface area (Å²) in [6.07, 6.45) is 8.35. The Morgan fingerprint density at radius 3 is 2.81 bits per heavy atom. The Labute approximate surface area is 188 Å². The minimum Gasteiger partial charge on any atom is -0.487 e. The highest BCUT2D eigenvalue weighted by Crippen LogP contribution is 2.33. The molecular formula is C24H21FN4O2S. The van der Waals surface area contributed by atoms with Crippen LogP contribution in [0.3, 0.4) is 0 Å². The summed E-state index contributed by atoms with van der Waals surface area (Å²) in [7, 11) is 0. The lowest BCUT2D eigenvalue weighted by Gasteiger charge is -2.06. The number of unbranched alkanes of at least 4 members (excludes halogenated alkanes) is 1. The number of oxazole rings is 1. The first-order valence-corrected chi connectivity index (χ1v) is 11.2. The number of benzene rings is 2. The van der Waals surface area contributed by atoms with Gasteiger partial charge in [-0.25, -0.2) is 9.37 Å². The van der Waals surface area contributed by atoms with Gasteiger partial charge in [-0.2, -0.15) is 0 Å². The zero-order valence-corrected chi connectivity index (χ0v) is 18.1. The van der Waals surface area contributed by atoms with Gasteiger partial charge in [-0.3, -0.25) is 4.68 Å². The van der Waals surface area contributed by atoms with Gasteiger partial charge < -0.3 is 9.15 Å². The lowest BCUT2D eigenvalue weighted by Crippen LogP contribution is -1.99. The fourth-order valence-electron chi connectivity index (χ4n) is 3.46. The Kier molecular flexibility index (Phi) is 5.93. The third-order valence-electron chi connectivity index (χ3n) is 5.13. The van der Waals surface area contributed by atoms with Crippen molar-refractivity contribution in [3.63, 3.8) is 0 Å². The molecule has 8 heteroatoms. The zero-order valence-electron chi connectivity index (χ0n) is 17.3. The summed E-state index contributed by atoms with van der Waals surface area (Å²) in [4.78, 5) is 5.38. The molecule has 0 unspecified atom stereocenters. The van der Waals surface area contributed by atoms with E-state index in [4.69, 9.17) is 9.15 Å². The Balaban J connectivity index is 1.12. The Morgan fingerprint density at radius 2 is 1.97 bits per heavy atom. The van der Waals surface area contributed by atoms with E-state index in [2.05, 4.69) is 27.4 Å². The average Bonchev–Trinajstić information content (AvgIpc) is 3.56. The van der Waals surface area contributed by atoms with Crippen LogP contribution in [-0.2, 0) is 19.6 Å². The van der Waals surface area contributed by atoms with Crippen LogP contribution >= 0.6 is 11.3 Å². The van der Waals surface area contributed by atoms with Gasteiger partial charge in [-0.1, -0.05) is 23.4 Å². The molecule has 3 heterocycles. The maximum atomic E-state index is 13.4. The maximum absolute atomic E-state index is 13.4. The van der Waals surface area contributed by atoms with Gasteiger partial charge in [0.05, 0.1) is 11.1 Å². The molecule has 0 aliphatic heterocycles. The standard InChI is InChI=1S/C24H21FN4O2S/c25-19-7-6-18-13-23(32-22(18)14-19)24-27-20(16-31-24)15-30-21-8-4-17(5-9-21)3-1-2-11-29-12-10-26-28-29/h4-10,12-14,16H,1-3,11,15H2. The third kappa shape index (κ3) is 4.86. The van der Waals surface area contributed by atoms with E-state index in [1.165, 1.54) is 29.0 Å². The molecule has 0 spiro atoms. The van der Waals surface area contributed by atoms with Gasteiger partial charge in [0.15, 0.2) is 0 Å². The molecule has 0 aliphatic rings. The van der Waals surface area contributed by atoms with Crippen LogP contribution in [0.4, 0.5) is 4.39 Å². The second-order valence-corrected chi connectivity index (χ2v) is 8.58. The summed E-state index contributed by atoms with van der Waals surface area (Å²) in [6.45, 7) is 1.21. The molecular weight excluding hydrogens is 427 g/mol. The second kappa shape index (κ2) is 9.32. The molecule has 5 aromatic rings. The van der Waals surface area contributed by atoms with Crippen LogP contribution in [0.15, 0.2) is 71.6 Å². The van der Waals surface area contributed by atoms with Gasteiger partial charge in [0.2, 0.25) is 5.89 Å². The number of hydrogen-bond donors (Lipinski definition) is 0. The quantitative estimate of drug-likeness (QED) is 0.263. The highest BCUT2D eigenvalue weighted by Gasteiger charge is 2.11. The summed E-state index contributed by atoms with van der Waals surface area (Å²) in [5.41, 5.74) is 1.99. The molecule has 0 bridgehead atoms. The van der Waals surface area contributed by atoms with E-state index in [0.29, 0.717) is 18.2 Å². The van der Waals surface area contributed by atoms with Crippen LogP contribution in [0.25, 0.3) is 20.9 Å². The summed E-state index contributed by atoms with van der Waals surface area (Å²) < 4.78 is 27.6. The smallest absolute Gasteiger partial charge is 0.236 e. The molecule has 0 saturated carbocycles. The largest absolute Gasteiger partial charge is 0.487 e. The minimum atomic E-state index is -0.245. The van der Waals surface area contributed by atoms with Crippen LogP contribution < -0.4 is 4.74 Å². The fourth-order valence-corrected chi connectivity index (χ4v) is 4.48. The number of aryl methyl sites for hydroxylation is 2. The average molecular weight is 449 g/mol. The lowest BCUT2D eigenvalue weighted by molar-refractivity contribution is 0.301. The van der Waals surface area contributed by atoms with Gasteiger partial charge in [-0.05, 0) is 60.5 Å². The molecule has 32 heavy (non-hydrogen) atoms. The van der Waals surface area contributed by atoms with Gasteiger partial charge >= 0.3 is 0 Å². The van der Waals surface area contributed by atoms with Crippen molar-refractivity contribution in [2.45, 2.75) is 32.4 Å². The molecule has 0 saturated heterocycles. The van der Waals surface area contributed by atoms with E-state index in [0.717, 1.165) is 46.5 Å². The van der Waals surface area contributed by atoms with E-state index >= 15 is 0 Å². The molecule has 0 atom stereocenters. The maximum Gasteiger partial charge on any atom is 0.236 e. The van der Waals surface area contributed by atoms with Crippen LogP contribution in [0.5, 0.6) is 5.75 Å². The van der Waals surface area contributed by atoms with E-state index in [9.17, 15) is 4.39 Å². The van der Waals surface area contributed by atoms with Crippen molar-refractivity contribution in [2.75, 3.05) is 0 Å². The van der Waals surface area contributed by atoms with Gasteiger partial charge in [0.1, 0.15) is 30.1 Å². The SMILES string of the molecule is Fc1ccc2cc(-c3nc(COc4ccc(CCCCn5ccnn5)cc4)co3)sc2c1. The topological polar surface area (TPSA) is 66.0 Å². The van der Waals surface area contributed by atoms with E-state index in [1.54, 1.807) is 18.5 Å². The predicted molar refractivity (Wildman–Crippen MR) is 121 cm³/mol. The highest BCUT2D eigenvalue weighted by molar-refractivity contribution is 7.22. The highest BCUT2D eigenvalue weighted by atomic mass is 32.1. The Hall–Kier alpha value is -3.52. The molecule has 6 nitrogen and oxygen atoms in total. The minimum absolute atomic E-state index is 0.245. The molecule has 2 aromatic carbocycles. The summed E-state index contributed by atoms with van der Waals surface area (Å²) in [5.74, 6) is 1.06. The van der Waals surface area contributed by atoms with Crippen molar-refractivity contribution in [1.82, 2.24) is 20.0 Å². The van der Waals surface area contributed by atoms with Gasteiger partial charge in [-0.15, -0.1) is 16.4 Å². The molecule has 162 valence electrons. The molecule has 0 fully saturated rings. The monoisotopic (exact) mass is 448 g/mol. The van der Waals surface area contributed by atoms with Crippen molar-refractivity contribution in [2.24, 2.45) is 0 Å². The number of thiophene rings is 1. The number of hydrogen-bond acceptors (Lipinski definition) is 6. The number of fused-ring (bicyclic) bond motifs is 1. The summed E-state index contributed by atoms with van der Waals surface area (Å²) in [5, 5.41) is 8.76. The second-order valence-electron chi connectivity index (χ2n) is 7.49.